The molecule has 1 aromatic rings. The predicted molar refractivity (Wildman–Crippen MR) is 67.0 cm³/mol. The van der Waals surface area contributed by atoms with Gasteiger partial charge in [-0.05, 0) is 13.3 Å². The third-order valence-corrected chi connectivity index (χ3v) is 3.24. The summed E-state index contributed by atoms with van der Waals surface area (Å²) in [5.41, 5.74) is 1.53. The molecule has 2 heterocycles. The van der Waals surface area contributed by atoms with E-state index in [1.165, 1.54) is 0 Å². The van der Waals surface area contributed by atoms with Crippen molar-refractivity contribution in [2.45, 2.75) is 26.3 Å². The lowest BCUT2D eigenvalue weighted by atomic mass is 10.1. The molecule has 2 rings (SSSR count). The maximum absolute atomic E-state index is 9.26. The Morgan fingerprint density at radius 2 is 2.29 bits per heavy atom. The highest BCUT2D eigenvalue weighted by atomic mass is 15.4. The van der Waals surface area contributed by atoms with Crippen molar-refractivity contribution in [3.8, 4) is 6.07 Å². The Morgan fingerprint density at radius 1 is 1.59 bits per heavy atom. The zero-order chi connectivity index (χ0) is 12.4. The van der Waals surface area contributed by atoms with E-state index in [4.69, 9.17) is 0 Å². The fraction of sp³-hybridized carbons (Fsp3) is 0.667. The van der Waals surface area contributed by atoms with Crippen molar-refractivity contribution in [1.29, 1.82) is 5.26 Å². The van der Waals surface area contributed by atoms with Gasteiger partial charge in [0.2, 0.25) is 0 Å². The van der Waals surface area contributed by atoms with Gasteiger partial charge in [0.1, 0.15) is 17.5 Å². The Bertz CT molecular complexity index is 438. The first kappa shape index (κ1) is 11.9. The molecule has 0 bridgehead atoms. The second kappa shape index (κ2) is 4.76. The van der Waals surface area contributed by atoms with Gasteiger partial charge in [-0.1, -0.05) is 6.92 Å². The molecule has 0 saturated carbocycles. The third kappa shape index (κ3) is 2.01. The first-order valence-electron chi connectivity index (χ1n) is 6.10. The Hall–Kier alpha value is -1.54. The van der Waals surface area contributed by atoms with Gasteiger partial charge in [0.15, 0.2) is 0 Å². The van der Waals surface area contributed by atoms with Gasteiger partial charge >= 0.3 is 0 Å². The number of nitrogens with one attached hydrogen (secondary N) is 1. The van der Waals surface area contributed by atoms with E-state index in [1.54, 1.807) is 0 Å². The van der Waals surface area contributed by atoms with E-state index in [0.29, 0.717) is 11.6 Å². The van der Waals surface area contributed by atoms with E-state index >= 15 is 0 Å². The average Bonchev–Trinajstić information content (AvgIpc) is 2.49. The van der Waals surface area contributed by atoms with E-state index in [2.05, 4.69) is 28.3 Å². The Morgan fingerprint density at radius 3 is 2.76 bits per heavy atom. The average molecular weight is 233 g/mol. The zero-order valence-corrected chi connectivity index (χ0v) is 10.7. The molecule has 1 N–H and O–H groups in total. The summed E-state index contributed by atoms with van der Waals surface area (Å²) in [6.07, 6.45) is 1.07. The molecule has 0 aromatic carbocycles. The fourth-order valence-corrected chi connectivity index (χ4v) is 2.30. The number of nitriles is 1. The molecular weight excluding hydrogens is 214 g/mol. The molecule has 1 fully saturated rings. The Labute approximate surface area is 102 Å². The number of aryl methyl sites for hydroxylation is 2. The van der Waals surface area contributed by atoms with Crippen molar-refractivity contribution in [2.24, 2.45) is 7.05 Å². The highest BCUT2D eigenvalue weighted by Gasteiger charge is 2.29. The minimum atomic E-state index is 0.497. The van der Waals surface area contributed by atoms with Gasteiger partial charge in [-0.25, -0.2) is 0 Å². The van der Waals surface area contributed by atoms with Gasteiger partial charge in [0, 0.05) is 26.7 Å². The van der Waals surface area contributed by atoms with Crippen molar-refractivity contribution in [1.82, 2.24) is 15.1 Å². The van der Waals surface area contributed by atoms with Crippen LogP contribution in [0.25, 0.3) is 0 Å². The van der Waals surface area contributed by atoms with Crippen LogP contribution < -0.4 is 10.2 Å². The quantitative estimate of drug-likeness (QED) is 0.835. The summed E-state index contributed by atoms with van der Waals surface area (Å²) < 4.78 is 1.84. The lowest BCUT2D eigenvalue weighted by molar-refractivity contribution is 0.406. The van der Waals surface area contributed by atoms with Gasteiger partial charge in [-0.3, -0.25) is 4.68 Å². The van der Waals surface area contributed by atoms with E-state index in [1.807, 2.05) is 18.7 Å². The van der Waals surface area contributed by atoms with Gasteiger partial charge in [-0.2, -0.15) is 10.4 Å². The number of hydrogen-bond donors (Lipinski definition) is 1. The maximum atomic E-state index is 9.26. The van der Waals surface area contributed by atoms with Crippen LogP contribution in [0.3, 0.4) is 0 Å². The number of nitrogens with zero attached hydrogens (tertiary/aromatic N) is 4. The number of anilines is 1. The molecule has 1 saturated heterocycles. The van der Waals surface area contributed by atoms with Crippen molar-refractivity contribution in [3.05, 3.63) is 11.3 Å². The fourth-order valence-electron chi connectivity index (χ4n) is 2.30. The van der Waals surface area contributed by atoms with Gasteiger partial charge in [0.05, 0.1) is 11.7 Å². The van der Waals surface area contributed by atoms with Gasteiger partial charge in [-0.15, -0.1) is 0 Å². The molecule has 1 aliphatic rings. The molecule has 5 nitrogen and oxygen atoms in total. The topological polar surface area (TPSA) is 56.9 Å². The molecule has 0 radical (unpaired) electrons. The predicted octanol–water partition coefficient (Wildman–Crippen LogP) is 0.788. The molecule has 0 atom stereocenters. The molecule has 17 heavy (non-hydrogen) atoms. The lowest BCUT2D eigenvalue weighted by Crippen LogP contribution is -2.58. The number of rotatable bonds is 4. The van der Waals surface area contributed by atoms with E-state index < -0.39 is 0 Å². The van der Waals surface area contributed by atoms with E-state index in [-0.39, 0.29) is 0 Å². The molecule has 1 aromatic heterocycles. The van der Waals surface area contributed by atoms with Crippen molar-refractivity contribution in [3.63, 3.8) is 0 Å². The largest absolute Gasteiger partial charge is 0.350 e. The molecule has 1 aliphatic heterocycles. The highest BCUT2D eigenvalue weighted by Crippen LogP contribution is 2.25. The van der Waals surface area contributed by atoms with Crippen LogP contribution in [0.15, 0.2) is 0 Å². The second-order valence-corrected chi connectivity index (χ2v) is 4.52. The molecule has 0 aliphatic carbocycles. The summed E-state index contributed by atoms with van der Waals surface area (Å²) in [7, 11) is 1.91. The van der Waals surface area contributed by atoms with Crippen molar-refractivity contribution in [2.75, 3.05) is 24.5 Å². The lowest BCUT2D eigenvalue weighted by Gasteiger charge is -2.39. The highest BCUT2D eigenvalue weighted by molar-refractivity contribution is 5.58. The van der Waals surface area contributed by atoms with E-state index in [9.17, 15) is 5.26 Å². The molecule has 92 valence electrons. The van der Waals surface area contributed by atoms with Crippen LogP contribution in [-0.4, -0.2) is 35.5 Å². The Kier molecular flexibility index (Phi) is 3.34. The zero-order valence-electron chi connectivity index (χ0n) is 10.7. The van der Waals surface area contributed by atoms with Crippen LogP contribution in [0.2, 0.25) is 0 Å². The first-order valence-corrected chi connectivity index (χ1v) is 6.10. The minimum Gasteiger partial charge on any atom is -0.350 e. The molecular formula is C12H19N5. The number of hydrogen-bond acceptors (Lipinski definition) is 4. The minimum absolute atomic E-state index is 0.497. The van der Waals surface area contributed by atoms with Crippen molar-refractivity contribution >= 4 is 5.82 Å². The Balaban J connectivity index is 2.38. The van der Waals surface area contributed by atoms with Crippen LogP contribution in [0, 0.1) is 18.3 Å². The molecule has 0 unspecified atom stereocenters. The third-order valence-electron chi connectivity index (χ3n) is 3.24. The summed E-state index contributed by atoms with van der Waals surface area (Å²) in [4.78, 5) is 2.31. The monoisotopic (exact) mass is 233 g/mol. The van der Waals surface area contributed by atoms with Crippen LogP contribution in [0.4, 0.5) is 5.82 Å². The van der Waals surface area contributed by atoms with Crippen LogP contribution in [0.1, 0.15) is 24.6 Å². The SMILES string of the molecule is CCCN(c1c(C#N)c(C)nn1C)C1CNC1. The van der Waals surface area contributed by atoms with Crippen LogP contribution >= 0.6 is 0 Å². The second-order valence-electron chi connectivity index (χ2n) is 4.52. The first-order chi connectivity index (χ1) is 8.19. The standard InChI is InChI=1S/C12H19N5/c1-4-5-17(10-7-14-8-10)12-11(6-13)9(2)15-16(12)3/h10,14H,4-5,7-8H2,1-3H3. The normalized spacial score (nSPS) is 15.4. The summed E-state index contributed by atoms with van der Waals surface area (Å²) >= 11 is 0. The van der Waals surface area contributed by atoms with E-state index in [0.717, 1.165) is 37.6 Å². The summed E-state index contributed by atoms with van der Waals surface area (Å²) in [6, 6.07) is 2.78. The van der Waals surface area contributed by atoms with Crippen LogP contribution in [0.5, 0.6) is 0 Å². The summed E-state index contributed by atoms with van der Waals surface area (Å²) in [5, 5.41) is 16.9. The molecule has 0 amide bonds. The van der Waals surface area contributed by atoms with Gasteiger partial charge in [0.25, 0.3) is 0 Å². The summed E-state index contributed by atoms with van der Waals surface area (Å²) in [6.45, 7) is 7.02. The smallest absolute Gasteiger partial charge is 0.145 e. The van der Waals surface area contributed by atoms with Crippen molar-refractivity contribution < 1.29 is 0 Å². The van der Waals surface area contributed by atoms with Crippen LogP contribution in [-0.2, 0) is 7.05 Å². The summed E-state index contributed by atoms with van der Waals surface area (Å²) in [5.74, 6) is 0.971. The molecule has 5 heteroatoms. The molecule has 0 spiro atoms. The van der Waals surface area contributed by atoms with Gasteiger partial charge < -0.3 is 10.2 Å². The maximum Gasteiger partial charge on any atom is 0.145 e. The number of aromatic nitrogens is 2.